The van der Waals surface area contributed by atoms with E-state index in [9.17, 15) is 9.59 Å². The van der Waals surface area contributed by atoms with E-state index in [1.54, 1.807) is 24.2 Å². The summed E-state index contributed by atoms with van der Waals surface area (Å²) in [5.74, 6) is -0.224. The summed E-state index contributed by atoms with van der Waals surface area (Å²) >= 11 is 0. The number of nitrogens with one attached hydrogen (secondary N) is 1. The van der Waals surface area contributed by atoms with Gasteiger partial charge in [-0.3, -0.25) is 19.3 Å². The lowest BCUT2D eigenvalue weighted by atomic mass is 9.86. The molecule has 0 aliphatic carbocycles. The quantitative estimate of drug-likeness (QED) is 0.709. The normalized spacial score (nSPS) is 15.1. The molecule has 0 unspecified atom stereocenters. The number of hydrogen-bond acceptors (Lipinski definition) is 4. The SMILES string of the molecule is Cn1nccc1NC(=O)C(=O)N1CCC(c2cccc3cnccc23)CC1. The largest absolute Gasteiger partial charge is 0.334 e. The topological polar surface area (TPSA) is 80.1 Å². The van der Waals surface area contributed by atoms with Crippen LogP contribution in [0.25, 0.3) is 10.8 Å². The van der Waals surface area contributed by atoms with Gasteiger partial charge in [0.15, 0.2) is 0 Å². The first kappa shape index (κ1) is 17.2. The van der Waals surface area contributed by atoms with Gasteiger partial charge in [-0.15, -0.1) is 0 Å². The number of amides is 2. The van der Waals surface area contributed by atoms with Crippen LogP contribution in [0, 0.1) is 0 Å². The fraction of sp³-hybridized carbons (Fsp3) is 0.300. The van der Waals surface area contributed by atoms with E-state index in [1.807, 2.05) is 18.5 Å². The Hall–Kier alpha value is -3.22. The Morgan fingerprint density at radius 1 is 1.11 bits per heavy atom. The summed E-state index contributed by atoms with van der Waals surface area (Å²) in [5, 5.41) is 8.94. The van der Waals surface area contributed by atoms with Crippen LogP contribution in [0.2, 0.25) is 0 Å². The second kappa shape index (κ2) is 7.19. The lowest BCUT2D eigenvalue weighted by molar-refractivity contribution is -0.143. The van der Waals surface area contributed by atoms with Gasteiger partial charge in [0.25, 0.3) is 0 Å². The van der Waals surface area contributed by atoms with Crippen LogP contribution in [0.15, 0.2) is 48.9 Å². The van der Waals surface area contributed by atoms with Crippen molar-refractivity contribution in [2.75, 3.05) is 18.4 Å². The van der Waals surface area contributed by atoms with Gasteiger partial charge in [-0.05, 0) is 35.8 Å². The highest BCUT2D eigenvalue weighted by Crippen LogP contribution is 2.32. The van der Waals surface area contributed by atoms with E-state index in [-0.39, 0.29) is 0 Å². The molecular formula is C20H21N5O2. The van der Waals surface area contributed by atoms with Crippen molar-refractivity contribution in [2.45, 2.75) is 18.8 Å². The molecule has 1 fully saturated rings. The van der Waals surface area contributed by atoms with Crippen molar-refractivity contribution in [3.63, 3.8) is 0 Å². The molecule has 0 atom stereocenters. The predicted octanol–water partition coefficient (Wildman–Crippen LogP) is 2.31. The number of carbonyl (C=O) groups excluding carboxylic acids is 2. The molecule has 7 heteroatoms. The monoisotopic (exact) mass is 363 g/mol. The smallest absolute Gasteiger partial charge is 0.315 e. The van der Waals surface area contributed by atoms with E-state index in [2.05, 4.69) is 33.6 Å². The maximum Gasteiger partial charge on any atom is 0.315 e. The molecule has 1 aliphatic rings. The number of nitrogens with zero attached hydrogens (tertiary/aromatic N) is 4. The molecule has 3 aromatic rings. The van der Waals surface area contributed by atoms with Crippen LogP contribution >= 0.6 is 0 Å². The molecule has 1 N–H and O–H groups in total. The molecule has 3 heterocycles. The highest BCUT2D eigenvalue weighted by atomic mass is 16.2. The molecule has 0 spiro atoms. The molecule has 2 amide bonds. The Morgan fingerprint density at radius 3 is 2.67 bits per heavy atom. The lowest BCUT2D eigenvalue weighted by Gasteiger charge is -2.32. The summed E-state index contributed by atoms with van der Waals surface area (Å²) in [4.78, 5) is 30.5. The van der Waals surface area contributed by atoms with E-state index < -0.39 is 11.8 Å². The third-order valence-corrected chi connectivity index (χ3v) is 5.19. The van der Waals surface area contributed by atoms with Gasteiger partial charge >= 0.3 is 11.8 Å². The van der Waals surface area contributed by atoms with Crippen molar-refractivity contribution in [3.8, 4) is 0 Å². The summed E-state index contributed by atoms with van der Waals surface area (Å²) in [5.41, 5.74) is 1.29. The van der Waals surface area contributed by atoms with E-state index in [0.29, 0.717) is 24.8 Å². The van der Waals surface area contributed by atoms with Crippen LogP contribution < -0.4 is 5.32 Å². The molecule has 1 saturated heterocycles. The fourth-order valence-electron chi connectivity index (χ4n) is 3.71. The molecule has 27 heavy (non-hydrogen) atoms. The van der Waals surface area contributed by atoms with Crippen molar-refractivity contribution in [1.82, 2.24) is 19.7 Å². The van der Waals surface area contributed by atoms with Gasteiger partial charge in [0, 0.05) is 44.0 Å². The number of likely N-dealkylation sites (tertiary alicyclic amines) is 1. The highest BCUT2D eigenvalue weighted by Gasteiger charge is 2.28. The molecule has 1 aromatic carbocycles. The average molecular weight is 363 g/mol. The van der Waals surface area contributed by atoms with E-state index in [0.717, 1.165) is 18.2 Å². The third-order valence-electron chi connectivity index (χ3n) is 5.19. The number of hydrogen-bond donors (Lipinski definition) is 1. The van der Waals surface area contributed by atoms with Gasteiger partial charge in [0.05, 0.1) is 6.20 Å². The Bertz CT molecular complexity index is 983. The van der Waals surface area contributed by atoms with Crippen molar-refractivity contribution >= 4 is 28.4 Å². The van der Waals surface area contributed by atoms with Gasteiger partial charge < -0.3 is 10.2 Å². The van der Waals surface area contributed by atoms with Crippen LogP contribution in [-0.2, 0) is 16.6 Å². The molecule has 1 aliphatic heterocycles. The van der Waals surface area contributed by atoms with Crippen LogP contribution in [0.1, 0.15) is 24.3 Å². The molecule has 0 bridgehead atoms. The molecule has 4 rings (SSSR count). The standard InChI is InChI=1S/C20H21N5O2/c1-24-18(6-10-22-24)23-19(26)20(27)25-11-7-14(8-12-25)16-4-2-3-15-13-21-9-5-17(15)16/h2-6,9-10,13-14H,7-8,11-12H2,1H3,(H,23,26). The summed E-state index contributed by atoms with van der Waals surface area (Å²) in [7, 11) is 1.71. The van der Waals surface area contributed by atoms with E-state index in [4.69, 9.17) is 0 Å². The maximum absolute atomic E-state index is 12.5. The van der Waals surface area contributed by atoms with Crippen LogP contribution in [0.3, 0.4) is 0 Å². The zero-order valence-electron chi connectivity index (χ0n) is 15.1. The number of anilines is 1. The van der Waals surface area contributed by atoms with E-state index in [1.165, 1.54) is 15.6 Å². The second-order valence-corrected chi connectivity index (χ2v) is 6.80. The number of piperidine rings is 1. The number of aromatic nitrogens is 3. The van der Waals surface area contributed by atoms with Gasteiger partial charge in [-0.2, -0.15) is 5.10 Å². The summed E-state index contributed by atoms with van der Waals surface area (Å²) < 4.78 is 1.52. The van der Waals surface area contributed by atoms with Crippen molar-refractivity contribution in [2.24, 2.45) is 7.05 Å². The Kier molecular flexibility index (Phi) is 4.58. The Morgan fingerprint density at radius 2 is 1.93 bits per heavy atom. The summed E-state index contributed by atoms with van der Waals surface area (Å²) in [6.45, 7) is 1.15. The van der Waals surface area contributed by atoms with Crippen LogP contribution in [-0.4, -0.2) is 44.6 Å². The predicted molar refractivity (Wildman–Crippen MR) is 102 cm³/mol. The summed E-state index contributed by atoms with van der Waals surface area (Å²) in [6, 6.07) is 9.97. The fourth-order valence-corrected chi connectivity index (χ4v) is 3.71. The number of pyridine rings is 1. The van der Waals surface area contributed by atoms with Crippen molar-refractivity contribution in [3.05, 3.63) is 54.5 Å². The zero-order valence-corrected chi connectivity index (χ0v) is 15.1. The number of rotatable bonds is 2. The van der Waals surface area contributed by atoms with Crippen LogP contribution in [0.5, 0.6) is 0 Å². The number of fused-ring (bicyclic) bond motifs is 1. The molecular weight excluding hydrogens is 342 g/mol. The van der Waals surface area contributed by atoms with Gasteiger partial charge in [-0.25, -0.2) is 0 Å². The average Bonchev–Trinajstić information content (AvgIpc) is 3.11. The van der Waals surface area contributed by atoms with E-state index >= 15 is 0 Å². The highest BCUT2D eigenvalue weighted by molar-refractivity contribution is 6.39. The second-order valence-electron chi connectivity index (χ2n) is 6.80. The minimum atomic E-state index is -0.617. The van der Waals surface area contributed by atoms with Gasteiger partial charge in [0.1, 0.15) is 5.82 Å². The molecule has 138 valence electrons. The van der Waals surface area contributed by atoms with Gasteiger partial charge in [0.2, 0.25) is 0 Å². The number of benzene rings is 1. The lowest BCUT2D eigenvalue weighted by Crippen LogP contribution is -2.44. The molecule has 2 aromatic heterocycles. The minimum Gasteiger partial charge on any atom is -0.334 e. The van der Waals surface area contributed by atoms with Crippen molar-refractivity contribution < 1.29 is 9.59 Å². The Balaban J connectivity index is 1.42. The van der Waals surface area contributed by atoms with Crippen LogP contribution in [0.4, 0.5) is 5.82 Å². The van der Waals surface area contributed by atoms with Gasteiger partial charge in [-0.1, -0.05) is 18.2 Å². The maximum atomic E-state index is 12.5. The molecule has 0 saturated carbocycles. The zero-order chi connectivity index (χ0) is 18.8. The number of carbonyl (C=O) groups is 2. The first-order valence-corrected chi connectivity index (χ1v) is 9.04. The first-order valence-electron chi connectivity index (χ1n) is 9.04. The minimum absolute atomic E-state index is 0.375. The third kappa shape index (κ3) is 3.40. The number of aryl methyl sites for hydroxylation is 1. The van der Waals surface area contributed by atoms with Crippen molar-refractivity contribution in [1.29, 1.82) is 0 Å². The molecule has 7 nitrogen and oxygen atoms in total. The Labute approximate surface area is 157 Å². The summed E-state index contributed by atoms with van der Waals surface area (Å²) in [6.07, 6.45) is 6.94. The molecule has 0 radical (unpaired) electrons. The first-order chi connectivity index (χ1) is 13.1.